The van der Waals surface area contributed by atoms with Crippen molar-refractivity contribution in [1.29, 1.82) is 0 Å². The fraction of sp³-hybridized carbons (Fsp3) is 0.421. The van der Waals surface area contributed by atoms with Crippen LogP contribution >= 0.6 is 0 Å². The second kappa shape index (κ2) is 4.40. The van der Waals surface area contributed by atoms with E-state index in [-0.39, 0.29) is 35.5 Å². The molecule has 4 aliphatic carbocycles. The van der Waals surface area contributed by atoms with Gasteiger partial charge < -0.3 is 0 Å². The van der Waals surface area contributed by atoms with Crippen molar-refractivity contribution in [3.63, 3.8) is 0 Å². The maximum atomic E-state index is 12.7. The highest BCUT2D eigenvalue weighted by atomic mass is 16.2. The molecular weight excluding hydrogens is 288 g/mol. The van der Waals surface area contributed by atoms with Crippen molar-refractivity contribution in [2.75, 3.05) is 0 Å². The van der Waals surface area contributed by atoms with E-state index >= 15 is 0 Å². The third-order valence-electron chi connectivity index (χ3n) is 6.04. The summed E-state index contributed by atoms with van der Waals surface area (Å²) in [6.45, 7) is 2.02. The molecule has 116 valence electrons. The molecule has 3 fully saturated rings. The zero-order valence-corrected chi connectivity index (χ0v) is 12.9. The summed E-state index contributed by atoms with van der Waals surface area (Å²) in [6.07, 6.45) is 7.15. The van der Waals surface area contributed by atoms with Gasteiger partial charge in [-0.25, -0.2) is 0 Å². The van der Waals surface area contributed by atoms with Crippen molar-refractivity contribution in [2.24, 2.45) is 40.6 Å². The lowest BCUT2D eigenvalue weighted by Crippen LogP contribution is -2.40. The molecule has 4 nitrogen and oxygen atoms in total. The topological polar surface area (TPSA) is 49.7 Å². The third kappa shape index (κ3) is 1.75. The zero-order chi connectivity index (χ0) is 15.7. The standard InChI is InChI=1S/C19H18N2O2/c1-10-2-4-11(5-3-10)9-20-21-18(22)16-12-6-7-13(15-8-14(12)15)17(16)19(21)23/h2-7,9,12-17H,8H2,1H3/b20-9-/t12-,13-,14-,15+,16+,17+/m0/s1. The highest BCUT2D eigenvalue weighted by Crippen LogP contribution is 2.65. The van der Waals surface area contributed by atoms with E-state index in [1.54, 1.807) is 6.21 Å². The van der Waals surface area contributed by atoms with E-state index in [0.717, 1.165) is 10.6 Å². The number of amides is 2. The van der Waals surface area contributed by atoms with Crippen molar-refractivity contribution in [3.05, 3.63) is 47.5 Å². The van der Waals surface area contributed by atoms with Crippen LogP contribution in [0.4, 0.5) is 0 Å². The molecule has 1 aromatic rings. The average molecular weight is 306 g/mol. The molecule has 1 aliphatic heterocycles. The first-order chi connectivity index (χ1) is 11.1. The van der Waals surface area contributed by atoms with Gasteiger partial charge in [-0.3, -0.25) is 9.59 Å². The van der Waals surface area contributed by atoms with Gasteiger partial charge in [-0.05, 0) is 42.6 Å². The number of hydrogen-bond acceptors (Lipinski definition) is 3. The minimum absolute atomic E-state index is 0.104. The highest BCUT2D eigenvalue weighted by molar-refractivity contribution is 6.06. The third-order valence-corrected chi connectivity index (χ3v) is 6.04. The Bertz CT molecular complexity index is 728. The van der Waals surface area contributed by atoms with Gasteiger partial charge in [0, 0.05) is 0 Å². The summed E-state index contributed by atoms with van der Waals surface area (Å²) >= 11 is 0. The summed E-state index contributed by atoms with van der Waals surface area (Å²) in [7, 11) is 0. The van der Waals surface area contributed by atoms with Gasteiger partial charge in [0.2, 0.25) is 0 Å². The van der Waals surface area contributed by atoms with Gasteiger partial charge in [0.05, 0.1) is 18.1 Å². The van der Waals surface area contributed by atoms with Gasteiger partial charge in [0.15, 0.2) is 0 Å². The smallest absolute Gasteiger partial charge is 0.254 e. The Morgan fingerprint density at radius 3 is 2.13 bits per heavy atom. The first-order valence-electron chi connectivity index (χ1n) is 8.32. The Balaban J connectivity index is 1.44. The summed E-state index contributed by atoms with van der Waals surface area (Å²) < 4.78 is 0. The van der Waals surface area contributed by atoms with Crippen LogP contribution < -0.4 is 0 Å². The molecular formula is C19H18N2O2. The Morgan fingerprint density at radius 1 is 1.00 bits per heavy atom. The van der Waals surface area contributed by atoms with Crippen LogP contribution in [0.2, 0.25) is 0 Å². The number of nitrogens with zero attached hydrogens (tertiary/aromatic N) is 2. The van der Waals surface area contributed by atoms with Crippen LogP contribution in [-0.4, -0.2) is 23.0 Å². The van der Waals surface area contributed by atoms with Crippen molar-refractivity contribution in [3.8, 4) is 0 Å². The van der Waals surface area contributed by atoms with Crippen molar-refractivity contribution < 1.29 is 9.59 Å². The molecule has 1 aromatic carbocycles. The SMILES string of the molecule is Cc1ccc(/C=N\N2C(=O)[C@@H]3[C@H]4C=C[C@@H]([C@@H]5C[C@H]45)[C@H]3C2=O)cc1. The number of hydrogen-bond donors (Lipinski definition) is 0. The predicted octanol–water partition coefficient (Wildman–Crippen LogP) is 2.38. The number of carbonyl (C=O) groups is 2. The van der Waals surface area contributed by atoms with Crippen LogP contribution in [0.5, 0.6) is 0 Å². The molecule has 23 heavy (non-hydrogen) atoms. The molecule has 1 heterocycles. The van der Waals surface area contributed by atoms with E-state index in [0.29, 0.717) is 11.8 Å². The van der Waals surface area contributed by atoms with Crippen LogP contribution in [0.1, 0.15) is 17.5 Å². The first-order valence-corrected chi connectivity index (χ1v) is 8.32. The Morgan fingerprint density at radius 2 is 1.57 bits per heavy atom. The minimum Gasteiger partial charge on any atom is -0.272 e. The largest absolute Gasteiger partial charge is 0.272 e. The maximum absolute atomic E-state index is 12.7. The predicted molar refractivity (Wildman–Crippen MR) is 85.3 cm³/mol. The number of allylic oxidation sites excluding steroid dienone is 2. The summed E-state index contributed by atoms with van der Waals surface area (Å²) in [6, 6.07) is 7.87. The Kier molecular flexibility index (Phi) is 2.53. The lowest BCUT2D eigenvalue weighted by Gasteiger charge is -2.37. The normalized spacial score (nSPS) is 40.0. The van der Waals surface area contributed by atoms with Crippen molar-refractivity contribution in [2.45, 2.75) is 13.3 Å². The average Bonchev–Trinajstić information content (AvgIpc) is 3.33. The molecule has 0 unspecified atom stereocenters. The molecule has 6 rings (SSSR count). The Hall–Kier alpha value is -2.23. The van der Waals surface area contributed by atoms with Gasteiger partial charge in [0.25, 0.3) is 11.8 Å². The van der Waals surface area contributed by atoms with Gasteiger partial charge in [-0.15, -0.1) is 0 Å². The minimum atomic E-state index is -0.170. The van der Waals surface area contributed by atoms with Crippen LogP contribution in [-0.2, 0) is 9.59 Å². The lowest BCUT2D eigenvalue weighted by atomic mass is 9.63. The van der Waals surface area contributed by atoms with Crippen LogP contribution in [0.3, 0.4) is 0 Å². The van der Waals surface area contributed by atoms with E-state index in [1.807, 2.05) is 31.2 Å². The summed E-state index contributed by atoms with van der Waals surface area (Å²) in [5, 5.41) is 5.36. The van der Waals surface area contributed by atoms with Crippen molar-refractivity contribution in [1.82, 2.24) is 5.01 Å². The summed E-state index contributed by atoms with van der Waals surface area (Å²) in [5.41, 5.74) is 2.07. The van der Waals surface area contributed by atoms with E-state index in [2.05, 4.69) is 17.3 Å². The first kappa shape index (κ1) is 13.2. The lowest BCUT2D eigenvalue weighted by molar-refractivity contribution is -0.140. The summed E-state index contributed by atoms with van der Waals surface area (Å²) in [4.78, 5) is 25.5. The second-order valence-electron chi connectivity index (χ2n) is 7.30. The number of carbonyl (C=O) groups excluding carboxylic acids is 2. The van der Waals surface area contributed by atoms with Gasteiger partial charge in [-0.1, -0.05) is 42.0 Å². The Labute approximate surface area is 134 Å². The highest BCUT2D eigenvalue weighted by Gasteiger charge is 2.67. The van der Waals surface area contributed by atoms with Crippen molar-refractivity contribution >= 4 is 18.0 Å². The fourth-order valence-electron chi connectivity index (χ4n) is 4.83. The van der Waals surface area contributed by atoms with Gasteiger partial charge >= 0.3 is 0 Å². The molecule has 2 amide bonds. The molecule has 4 heteroatoms. The number of imide groups is 1. The number of aryl methyl sites for hydroxylation is 1. The fourth-order valence-corrected chi connectivity index (χ4v) is 4.83. The monoisotopic (exact) mass is 306 g/mol. The van der Waals surface area contributed by atoms with Gasteiger partial charge in [0.1, 0.15) is 0 Å². The molecule has 5 aliphatic rings. The van der Waals surface area contributed by atoms with E-state index in [4.69, 9.17) is 0 Å². The van der Waals surface area contributed by atoms with E-state index in [1.165, 1.54) is 12.0 Å². The van der Waals surface area contributed by atoms with Crippen LogP contribution in [0, 0.1) is 42.4 Å². The molecule has 6 atom stereocenters. The number of benzene rings is 1. The zero-order valence-electron chi connectivity index (χ0n) is 12.9. The molecule has 1 saturated heterocycles. The maximum Gasteiger partial charge on any atom is 0.254 e. The second-order valence-corrected chi connectivity index (χ2v) is 7.30. The molecule has 0 N–H and O–H groups in total. The molecule has 0 radical (unpaired) electrons. The quantitative estimate of drug-likeness (QED) is 0.478. The van der Waals surface area contributed by atoms with E-state index < -0.39 is 0 Å². The molecule has 0 spiro atoms. The van der Waals surface area contributed by atoms with E-state index in [9.17, 15) is 9.59 Å². The van der Waals surface area contributed by atoms with Gasteiger partial charge in [-0.2, -0.15) is 10.1 Å². The number of hydrazone groups is 1. The van der Waals surface area contributed by atoms with Crippen LogP contribution in [0.25, 0.3) is 0 Å². The molecule has 2 bridgehead atoms. The molecule has 0 aromatic heterocycles. The summed E-state index contributed by atoms with van der Waals surface area (Å²) in [5.74, 6) is 1.22. The number of rotatable bonds is 2. The van der Waals surface area contributed by atoms with Crippen LogP contribution in [0.15, 0.2) is 41.5 Å². The molecule has 2 saturated carbocycles.